The van der Waals surface area contributed by atoms with Crippen LogP contribution in [0.3, 0.4) is 0 Å². The molecule has 0 spiro atoms. The molecule has 0 atom stereocenters. The van der Waals surface area contributed by atoms with Crippen LogP contribution in [0.15, 0.2) is 71.6 Å². The summed E-state index contributed by atoms with van der Waals surface area (Å²) in [6, 6.07) is 18.9. The third-order valence-electron chi connectivity index (χ3n) is 5.07. The third kappa shape index (κ3) is 3.61. The number of para-hydroxylation sites is 1. The molecule has 4 rings (SSSR count). The molecule has 0 saturated carbocycles. The van der Waals surface area contributed by atoms with Gasteiger partial charge in [0.15, 0.2) is 0 Å². The number of sulfonamides is 1. The standard InChI is InChI=1S/C23H19N3O5S/c1-30-19-11-18(12-20(13-19)31-2)26-23(27)25(15-17-9-7-16(14-24)8-10-17)21-5-3-4-6-22(21)32(26,28)29/h3-13H,15H2,1-2H3. The van der Waals surface area contributed by atoms with Gasteiger partial charge in [-0.15, -0.1) is 0 Å². The summed E-state index contributed by atoms with van der Waals surface area (Å²) in [4.78, 5) is 15.0. The summed E-state index contributed by atoms with van der Waals surface area (Å²) in [7, 11) is -1.30. The Morgan fingerprint density at radius 3 is 2.16 bits per heavy atom. The number of nitrogens with zero attached hydrogens (tertiary/aromatic N) is 3. The highest BCUT2D eigenvalue weighted by Gasteiger charge is 2.42. The van der Waals surface area contributed by atoms with Gasteiger partial charge in [0.2, 0.25) is 0 Å². The highest BCUT2D eigenvalue weighted by molar-refractivity contribution is 7.94. The predicted molar refractivity (Wildman–Crippen MR) is 118 cm³/mol. The largest absolute Gasteiger partial charge is 0.497 e. The van der Waals surface area contributed by atoms with Crippen LogP contribution in [0.25, 0.3) is 0 Å². The number of rotatable bonds is 5. The van der Waals surface area contributed by atoms with Crippen LogP contribution in [0, 0.1) is 11.3 Å². The first-order chi connectivity index (χ1) is 15.4. The lowest BCUT2D eigenvalue weighted by Gasteiger charge is -2.36. The molecule has 3 aromatic rings. The molecule has 0 aromatic heterocycles. The second-order valence-electron chi connectivity index (χ2n) is 6.99. The van der Waals surface area contributed by atoms with Crippen LogP contribution in [0.5, 0.6) is 11.5 Å². The van der Waals surface area contributed by atoms with E-state index in [4.69, 9.17) is 14.7 Å². The van der Waals surface area contributed by atoms with Gasteiger partial charge < -0.3 is 9.47 Å². The van der Waals surface area contributed by atoms with Crippen LogP contribution in [-0.4, -0.2) is 28.7 Å². The molecule has 0 unspecified atom stereocenters. The van der Waals surface area contributed by atoms with Crippen molar-refractivity contribution in [2.45, 2.75) is 11.4 Å². The lowest BCUT2D eigenvalue weighted by molar-refractivity contribution is 0.253. The van der Waals surface area contributed by atoms with Gasteiger partial charge in [-0.1, -0.05) is 24.3 Å². The topological polar surface area (TPSA) is 99.9 Å². The highest BCUT2D eigenvalue weighted by atomic mass is 32.2. The lowest BCUT2D eigenvalue weighted by Crippen LogP contribution is -2.50. The van der Waals surface area contributed by atoms with E-state index in [-0.39, 0.29) is 22.8 Å². The van der Waals surface area contributed by atoms with E-state index < -0.39 is 16.1 Å². The number of benzene rings is 3. The van der Waals surface area contributed by atoms with E-state index in [2.05, 4.69) is 6.07 Å². The minimum Gasteiger partial charge on any atom is -0.497 e. The normalized spacial score (nSPS) is 14.5. The molecule has 162 valence electrons. The Balaban J connectivity index is 1.86. The van der Waals surface area contributed by atoms with Crippen LogP contribution in [0.1, 0.15) is 11.1 Å². The third-order valence-corrected chi connectivity index (χ3v) is 6.82. The SMILES string of the molecule is COc1cc(OC)cc(N2C(=O)N(Cc3ccc(C#N)cc3)c3ccccc3S2(=O)=O)c1. The van der Waals surface area contributed by atoms with E-state index in [0.29, 0.717) is 17.1 Å². The molecule has 32 heavy (non-hydrogen) atoms. The monoisotopic (exact) mass is 449 g/mol. The highest BCUT2D eigenvalue weighted by Crippen LogP contribution is 2.40. The summed E-state index contributed by atoms with van der Waals surface area (Å²) >= 11 is 0. The van der Waals surface area contributed by atoms with Crippen LogP contribution in [-0.2, 0) is 16.6 Å². The maximum atomic E-state index is 13.6. The van der Waals surface area contributed by atoms with Crippen molar-refractivity contribution >= 4 is 27.4 Å². The molecule has 2 amide bonds. The number of anilines is 2. The minimum absolute atomic E-state index is 0.00929. The number of urea groups is 1. The molecule has 1 aliphatic rings. The number of carbonyl (C=O) groups is 1. The maximum Gasteiger partial charge on any atom is 0.343 e. The van der Waals surface area contributed by atoms with Crippen molar-refractivity contribution in [3.63, 3.8) is 0 Å². The van der Waals surface area contributed by atoms with Crippen molar-refractivity contribution in [2.24, 2.45) is 0 Å². The molecule has 9 heteroatoms. The molecule has 1 aliphatic heterocycles. The number of fused-ring (bicyclic) bond motifs is 1. The molecular weight excluding hydrogens is 430 g/mol. The van der Waals surface area contributed by atoms with Gasteiger partial charge in [0.25, 0.3) is 10.0 Å². The Labute approximate surface area is 185 Å². The van der Waals surface area contributed by atoms with Crippen molar-refractivity contribution < 1.29 is 22.7 Å². The van der Waals surface area contributed by atoms with E-state index in [9.17, 15) is 13.2 Å². The summed E-state index contributed by atoms with van der Waals surface area (Å²) in [5.41, 5.74) is 1.62. The molecule has 8 nitrogen and oxygen atoms in total. The Bertz CT molecular complexity index is 1310. The van der Waals surface area contributed by atoms with Gasteiger partial charge in [-0.3, -0.25) is 4.90 Å². The van der Waals surface area contributed by atoms with Gasteiger partial charge in [-0.25, -0.2) is 13.2 Å². The van der Waals surface area contributed by atoms with Crippen molar-refractivity contribution in [2.75, 3.05) is 23.4 Å². The molecular formula is C23H19N3O5S. The van der Waals surface area contributed by atoms with E-state index >= 15 is 0 Å². The average Bonchev–Trinajstić information content (AvgIpc) is 2.81. The van der Waals surface area contributed by atoms with Crippen LogP contribution in [0.2, 0.25) is 0 Å². The molecule has 0 bridgehead atoms. The van der Waals surface area contributed by atoms with Gasteiger partial charge in [0, 0.05) is 18.2 Å². The Hall–Kier alpha value is -4.03. The van der Waals surface area contributed by atoms with Crippen LogP contribution in [0.4, 0.5) is 16.2 Å². The van der Waals surface area contributed by atoms with Gasteiger partial charge in [0.05, 0.1) is 43.8 Å². The number of hydrogen-bond acceptors (Lipinski definition) is 6. The van der Waals surface area contributed by atoms with Crippen LogP contribution < -0.4 is 18.7 Å². The second-order valence-corrected chi connectivity index (χ2v) is 8.74. The summed E-state index contributed by atoms with van der Waals surface area (Å²) in [5.74, 6) is 0.694. The van der Waals surface area contributed by atoms with E-state index in [1.807, 2.05) is 0 Å². The summed E-state index contributed by atoms with van der Waals surface area (Å²) < 4.78 is 38.2. The number of ether oxygens (including phenoxy) is 2. The molecule has 0 N–H and O–H groups in total. The fourth-order valence-electron chi connectivity index (χ4n) is 3.49. The quantitative estimate of drug-likeness (QED) is 0.586. The fourth-order valence-corrected chi connectivity index (χ4v) is 5.07. The zero-order chi connectivity index (χ0) is 22.9. The van der Waals surface area contributed by atoms with Gasteiger partial charge in [-0.05, 0) is 29.8 Å². The maximum absolute atomic E-state index is 13.6. The molecule has 1 heterocycles. The smallest absolute Gasteiger partial charge is 0.343 e. The van der Waals surface area contributed by atoms with E-state index in [1.165, 1.54) is 37.3 Å². The van der Waals surface area contributed by atoms with Gasteiger partial charge >= 0.3 is 6.03 Å². The van der Waals surface area contributed by atoms with Crippen molar-refractivity contribution in [1.29, 1.82) is 5.26 Å². The zero-order valence-corrected chi connectivity index (χ0v) is 18.2. The summed E-state index contributed by atoms with van der Waals surface area (Å²) in [5, 5.41) is 9.02. The number of amides is 2. The molecule has 0 aliphatic carbocycles. The van der Waals surface area contributed by atoms with Crippen molar-refractivity contribution in [1.82, 2.24) is 0 Å². The minimum atomic E-state index is -4.18. The first-order valence-electron chi connectivity index (χ1n) is 9.57. The first kappa shape index (κ1) is 21.2. The van der Waals surface area contributed by atoms with Crippen molar-refractivity contribution in [3.05, 3.63) is 77.9 Å². The number of carbonyl (C=O) groups excluding carboxylic acids is 1. The summed E-state index contributed by atoms with van der Waals surface area (Å²) in [6.45, 7) is 0.120. The van der Waals surface area contributed by atoms with E-state index in [0.717, 1.165) is 9.87 Å². The Kier molecular flexibility index (Phi) is 5.47. The average molecular weight is 449 g/mol. The predicted octanol–water partition coefficient (Wildman–Crippen LogP) is 3.91. The molecule has 0 saturated heterocycles. The van der Waals surface area contributed by atoms with Gasteiger partial charge in [0.1, 0.15) is 16.4 Å². The second kappa shape index (κ2) is 8.24. The zero-order valence-electron chi connectivity index (χ0n) is 17.3. The number of methoxy groups -OCH3 is 2. The number of hydrogen-bond donors (Lipinski definition) is 0. The lowest BCUT2D eigenvalue weighted by atomic mass is 10.1. The van der Waals surface area contributed by atoms with Crippen molar-refractivity contribution in [3.8, 4) is 17.6 Å². The Morgan fingerprint density at radius 1 is 0.938 bits per heavy atom. The fraction of sp³-hybridized carbons (Fsp3) is 0.130. The van der Waals surface area contributed by atoms with E-state index in [1.54, 1.807) is 48.5 Å². The molecule has 3 aromatic carbocycles. The van der Waals surface area contributed by atoms with Gasteiger partial charge in [-0.2, -0.15) is 9.57 Å². The van der Waals surface area contributed by atoms with Crippen LogP contribution >= 0.6 is 0 Å². The Morgan fingerprint density at radius 2 is 1.56 bits per heavy atom. The first-order valence-corrected chi connectivity index (χ1v) is 11.0. The summed E-state index contributed by atoms with van der Waals surface area (Å²) in [6.07, 6.45) is 0. The molecule has 0 radical (unpaired) electrons. The number of nitriles is 1. The molecule has 0 fully saturated rings.